The minimum absolute atomic E-state index is 0.0750. The molecule has 7 nitrogen and oxygen atoms in total. The van der Waals surface area contributed by atoms with Crippen molar-refractivity contribution in [2.45, 2.75) is 44.2 Å². The van der Waals surface area contributed by atoms with E-state index in [0.29, 0.717) is 18.2 Å². The van der Waals surface area contributed by atoms with Crippen LogP contribution in [0.15, 0.2) is 33.6 Å². The van der Waals surface area contributed by atoms with Crippen LogP contribution in [0.3, 0.4) is 0 Å². The summed E-state index contributed by atoms with van der Waals surface area (Å²) < 4.78 is 31.6. The first-order chi connectivity index (χ1) is 10.9. The molecule has 0 aliphatic heterocycles. The summed E-state index contributed by atoms with van der Waals surface area (Å²) in [6.07, 6.45) is 0.694. The average molecular weight is 338 g/mol. The zero-order valence-corrected chi connectivity index (χ0v) is 14.5. The minimum Gasteiger partial charge on any atom is -0.424 e. The van der Waals surface area contributed by atoms with Crippen molar-refractivity contribution in [1.29, 1.82) is 0 Å². The van der Waals surface area contributed by atoms with Crippen LogP contribution in [-0.2, 0) is 16.4 Å². The van der Waals surface area contributed by atoms with Gasteiger partial charge in [0, 0.05) is 12.5 Å². The highest BCUT2D eigenvalue weighted by Gasteiger charge is 2.18. The average Bonchev–Trinajstić information content (AvgIpc) is 3.04. The van der Waals surface area contributed by atoms with E-state index in [1.165, 1.54) is 7.05 Å². The molecule has 0 bridgehead atoms. The third-order valence-electron chi connectivity index (χ3n) is 3.59. The molecular weight excluding hydrogens is 316 g/mol. The number of hydrogen-bond acceptors (Lipinski definition) is 6. The smallest absolute Gasteiger partial charge is 0.240 e. The molecule has 0 amide bonds. The van der Waals surface area contributed by atoms with Crippen LogP contribution in [0.2, 0.25) is 0 Å². The van der Waals surface area contributed by atoms with E-state index in [4.69, 9.17) is 4.42 Å². The van der Waals surface area contributed by atoms with E-state index in [-0.39, 0.29) is 17.0 Å². The fourth-order valence-corrected chi connectivity index (χ4v) is 2.98. The van der Waals surface area contributed by atoms with Crippen molar-refractivity contribution < 1.29 is 12.8 Å². The fourth-order valence-electron chi connectivity index (χ4n) is 2.20. The number of rotatable bonds is 7. The number of nitrogens with one attached hydrogen (secondary N) is 2. The molecule has 2 atom stereocenters. The predicted octanol–water partition coefficient (Wildman–Crippen LogP) is 1.95. The molecule has 0 fully saturated rings. The Bertz CT molecular complexity index is 758. The van der Waals surface area contributed by atoms with Crippen molar-refractivity contribution >= 4 is 10.0 Å². The lowest BCUT2D eigenvalue weighted by Crippen LogP contribution is -2.23. The number of nitrogens with zero attached hydrogens (tertiary/aromatic N) is 2. The number of aromatic nitrogens is 2. The Morgan fingerprint density at radius 1 is 1.22 bits per heavy atom. The van der Waals surface area contributed by atoms with Crippen molar-refractivity contribution in [3.63, 3.8) is 0 Å². The van der Waals surface area contributed by atoms with E-state index >= 15 is 0 Å². The first-order valence-corrected chi connectivity index (χ1v) is 8.97. The molecule has 1 aromatic carbocycles. The first kappa shape index (κ1) is 17.6. The molecule has 2 rings (SSSR count). The maximum Gasteiger partial charge on any atom is 0.240 e. The van der Waals surface area contributed by atoms with Gasteiger partial charge in [0.05, 0.1) is 10.9 Å². The third-order valence-corrected chi connectivity index (χ3v) is 5.00. The molecule has 8 heteroatoms. The molecule has 0 radical (unpaired) electrons. The standard InChI is InChI=1S/C15H22N4O3S/c1-5-14-18-19-15(22-14)11(3)17-10(2)12-7-6-8-13(9-12)23(20,21)16-4/h6-11,16-17H,5H2,1-4H3/t10-,11+/m0/s1. The van der Waals surface area contributed by atoms with Gasteiger partial charge in [-0.1, -0.05) is 19.1 Å². The molecule has 2 aromatic rings. The molecule has 0 saturated carbocycles. The zero-order valence-electron chi connectivity index (χ0n) is 13.7. The van der Waals surface area contributed by atoms with Gasteiger partial charge in [0.1, 0.15) is 0 Å². The Morgan fingerprint density at radius 2 is 1.96 bits per heavy atom. The second-order valence-electron chi connectivity index (χ2n) is 5.28. The van der Waals surface area contributed by atoms with Crippen molar-refractivity contribution in [1.82, 2.24) is 20.2 Å². The van der Waals surface area contributed by atoms with E-state index in [1.54, 1.807) is 18.2 Å². The molecule has 126 valence electrons. The third kappa shape index (κ3) is 4.15. The van der Waals surface area contributed by atoms with E-state index < -0.39 is 10.0 Å². The van der Waals surface area contributed by atoms with Crippen LogP contribution >= 0.6 is 0 Å². The molecule has 1 heterocycles. The largest absolute Gasteiger partial charge is 0.424 e. The lowest BCUT2D eigenvalue weighted by Gasteiger charge is -2.18. The Hall–Kier alpha value is -1.77. The monoisotopic (exact) mass is 338 g/mol. The van der Waals surface area contributed by atoms with Crippen LogP contribution in [0.5, 0.6) is 0 Å². The normalized spacial score (nSPS) is 14.6. The Balaban J connectivity index is 2.14. The van der Waals surface area contributed by atoms with Gasteiger partial charge in [-0.15, -0.1) is 10.2 Å². The summed E-state index contributed by atoms with van der Waals surface area (Å²) >= 11 is 0. The predicted molar refractivity (Wildman–Crippen MR) is 86.3 cm³/mol. The lowest BCUT2D eigenvalue weighted by molar-refractivity contribution is 0.374. The van der Waals surface area contributed by atoms with Crippen LogP contribution in [-0.4, -0.2) is 25.7 Å². The van der Waals surface area contributed by atoms with Gasteiger partial charge in [0.2, 0.25) is 21.8 Å². The van der Waals surface area contributed by atoms with Crippen LogP contribution in [0, 0.1) is 0 Å². The molecule has 23 heavy (non-hydrogen) atoms. The van der Waals surface area contributed by atoms with Crippen molar-refractivity contribution in [2.24, 2.45) is 0 Å². The van der Waals surface area contributed by atoms with Gasteiger partial charge in [0.25, 0.3) is 0 Å². The summed E-state index contributed by atoms with van der Waals surface area (Å²) in [5.74, 6) is 1.12. The highest BCUT2D eigenvalue weighted by molar-refractivity contribution is 7.89. The van der Waals surface area contributed by atoms with Crippen LogP contribution in [0.1, 0.15) is 50.2 Å². The summed E-state index contributed by atoms with van der Waals surface area (Å²) in [5.41, 5.74) is 0.864. The van der Waals surface area contributed by atoms with Crippen molar-refractivity contribution in [2.75, 3.05) is 7.05 Å². The van der Waals surface area contributed by atoms with Gasteiger partial charge < -0.3 is 4.42 Å². The quantitative estimate of drug-likeness (QED) is 0.801. The van der Waals surface area contributed by atoms with Gasteiger partial charge in [0.15, 0.2) is 0 Å². The molecule has 0 saturated heterocycles. The van der Waals surface area contributed by atoms with Crippen LogP contribution < -0.4 is 10.0 Å². The van der Waals surface area contributed by atoms with E-state index in [2.05, 4.69) is 20.2 Å². The van der Waals surface area contributed by atoms with Crippen molar-refractivity contribution in [3.8, 4) is 0 Å². The van der Waals surface area contributed by atoms with Gasteiger partial charge in [-0.3, -0.25) is 5.32 Å². The summed E-state index contributed by atoms with van der Waals surface area (Å²) in [5, 5.41) is 11.3. The summed E-state index contributed by atoms with van der Waals surface area (Å²) in [4.78, 5) is 0.241. The van der Waals surface area contributed by atoms with Crippen LogP contribution in [0.4, 0.5) is 0 Å². The van der Waals surface area contributed by atoms with E-state index in [0.717, 1.165) is 5.56 Å². The Kier molecular flexibility index (Phi) is 5.51. The number of sulfonamides is 1. The molecule has 2 N–H and O–H groups in total. The molecule has 0 aliphatic rings. The second-order valence-corrected chi connectivity index (χ2v) is 7.16. The highest BCUT2D eigenvalue weighted by Crippen LogP contribution is 2.21. The fraction of sp³-hybridized carbons (Fsp3) is 0.467. The maximum absolute atomic E-state index is 11.9. The Morgan fingerprint density at radius 3 is 2.57 bits per heavy atom. The summed E-state index contributed by atoms with van der Waals surface area (Å²) in [6.45, 7) is 5.84. The number of hydrogen-bond donors (Lipinski definition) is 2. The minimum atomic E-state index is -3.45. The second kappa shape index (κ2) is 7.20. The molecule has 0 unspecified atom stereocenters. The van der Waals surface area contributed by atoms with E-state index in [9.17, 15) is 8.42 Å². The first-order valence-electron chi connectivity index (χ1n) is 7.49. The number of aryl methyl sites for hydroxylation is 1. The van der Waals surface area contributed by atoms with Gasteiger partial charge in [-0.05, 0) is 38.6 Å². The topological polar surface area (TPSA) is 97.1 Å². The molecule has 1 aromatic heterocycles. The highest BCUT2D eigenvalue weighted by atomic mass is 32.2. The van der Waals surface area contributed by atoms with Crippen LogP contribution in [0.25, 0.3) is 0 Å². The van der Waals surface area contributed by atoms with Gasteiger partial charge in [-0.25, -0.2) is 13.1 Å². The number of benzene rings is 1. The Labute approximate surface area is 136 Å². The SMILES string of the molecule is CCc1nnc([C@@H](C)N[C@@H](C)c2cccc(S(=O)(=O)NC)c2)o1. The lowest BCUT2D eigenvalue weighted by atomic mass is 10.1. The maximum atomic E-state index is 11.9. The molecule has 0 spiro atoms. The zero-order chi connectivity index (χ0) is 17.0. The van der Waals surface area contributed by atoms with Gasteiger partial charge in [-0.2, -0.15) is 0 Å². The summed E-state index contributed by atoms with van der Waals surface area (Å²) in [6, 6.07) is 6.61. The molecule has 0 aliphatic carbocycles. The molecular formula is C15H22N4O3S. The summed E-state index contributed by atoms with van der Waals surface area (Å²) in [7, 11) is -2.06. The van der Waals surface area contributed by atoms with Gasteiger partial charge >= 0.3 is 0 Å². The van der Waals surface area contributed by atoms with E-state index in [1.807, 2.05) is 26.8 Å². The van der Waals surface area contributed by atoms with Crippen molar-refractivity contribution in [3.05, 3.63) is 41.6 Å².